The van der Waals surface area contributed by atoms with Crippen LogP contribution in [0.15, 0.2) is 48.8 Å². The number of pyridine rings is 2. The Morgan fingerprint density at radius 1 is 0.677 bits per heavy atom. The summed E-state index contributed by atoms with van der Waals surface area (Å²) in [5.41, 5.74) is 2.02. The minimum Gasteiger partial charge on any atom is -0.415 e. The summed E-state index contributed by atoms with van der Waals surface area (Å²) >= 11 is 0. The van der Waals surface area contributed by atoms with E-state index in [0.29, 0.717) is 0 Å². The van der Waals surface area contributed by atoms with E-state index in [1.165, 1.54) is 0 Å². The van der Waals surface area contributed by atoms with Crippen molar-refractivity contribution >= 4 is 21.8 Å². The second kappa shape index (κ2) is 9.11. The molecule has 2 nitrogen and oxygen atoms in total. The minimum atomic E-state index is -7.28. The number of hydrogen-bond donors (Lipinski definition) is 0. The Morgan fingerprint density at radius 2 is 1.23 bits per heavy atom. The molecule has 3 rings (SSSR count). The van der Waals surface area contributed by atoms with Gasteiger partial charge in [-0.2, -0.15) is 30.7 Å². The molecule has 0 unspecified atom stereocenters. The van der Waals surface area contributed by atoms with Crippen molar-refractivity contribution in [3.05, 3.63) is 55.2 Å². The van der Waals surface area contributed by atoms with Crippen molar-refractivity contribution in [2.75, 3.05) is 0 Å². The van der Waals surface area contributed by atoms with E-state index in [4.69, 9.17) is 0 Å². The molecule has 0 atom stereocenters. The topological polar surface area (TPSA) is 25.8 Å². The van der Waals surface area contributed by atoms with Gasteiger partial charge in [-0.1, -0.05) is 12.1 Å². The van der Waals surface area contributed by atoms with Gasteiger partial charge in [-0.25, -0.2) is 8.78 Å². The molecule has 0 amide bonds. The predicted octanol–water partition coefficient (Wildman–Crippen LogP) is 6.66. The molecule has 2 heterocycles. The zero-order valence-electron chi connectivity index (χ0n) is 14.5. The third-order valence-corrected chi connectivity index (χ3v) is 3.74. The van der Waals surface area contributed by atoms with Crippen LogP contribution < -0.4 is 0 Å². The van der Waals surface area contributed by atoms with Gasteiger partial charge in [0.2, 0.25) is 0 Å². The van der Waals surface area contributed by atoms with Gasteiger partial charge in [0.15, 0.2) is 0 Å². The Bertz CT molecular complexity index is 967. The van der Waals surface area contributed by atoms with E-state index in [1.54, 1.807) is 6.20 Å². The van der Waals surface area contributed by atoms with Crippen LogP contribution in [0.25, 0.3) is 21.8 Å². The van der Waals surface area contributed by atoms with Crippen LogP contribution in [-0.4, -0.2) is 33.9 Å². The van der Waals surface area contributed by atoms with Gasteiger partial charge in [-0.05, 0) is 24.3 Å². The third kappa shape index (κ3) is 4.84. The Hall–Kier alpha value is -2.21. The maximum absolute atomic E-state index is 12.0. The first-order chi connectivity index (χ1) is 13.6. The monoisotopic (exact) mass is 512 g/mol. The van der Waals surface area contributed by atoms with E-state index in [9.17, 15) is 48.3 Å². The van der Waals surface area contributed by atoms with Crippen LogP contribution >= 0.6 is 0 Å². The van der Waals surface area contributed by atoms with Crippen LogP contribution in [-0.2, 0) is 17.1 Å². The summed E-state index contributed by atoms with van der Waals surface area (Å²) in [7, 11) is 0. The van der Waals surface area contributed by atoms with Crippen LogP contribution in [0, 0.1) is 6.43 Å². The smallest absolute Gasteiger partial charge is 0.415 e. The Labute approximate surface area is 176 Å². The summed E-state index contributed by atoms with van der Waals surface area (Å²) < 4.78 is 128. The van der Waals surface area contributed by atoms with E-state index in [-0.39, 0.29) is 17.1 Å². The molecular weight excluding hydrogens is 505 g/mol. The Kier molecular flexibility index (Phi) is 7.88. The quantitative estimate of drug-likeness (QED) is 0.170. The van der Waals surface area contributed by atoms with E-state index >= 15 is 0 Å². The van der Waals surface area contributed by atoms with Gasteiger partial charge in [-0.15, -0.1) is 0 Å². The van der Waals surface area contributed by atoms with Crippen molar-refractivity contribution < 1.29 is 65.4 Å². The van der Waals surface area contributed by atoms with Gasteiger partial charge < -0.3 is 8.78 Å². The number of aromatic nitrogens is 2. The zero-order valence-corrected chi connectivity index (χ0v) is 15.4. The van der Waals surface area contributed by atoms with E-state index in [1.807, 2.05) is 24.4 Å². The molecule has 0 fully saturated rings. The van der Waals surface area contributed by atoms with Crippen molar-refractivity contribution in [3.8, 4) is 0 Å². The van der Waals surface area contributed by atoms with E-state index in [0.717, 1.165) is 21.8 Å². The van der Waals surface area contributed by atoms with Crippen LogP contribution in [0.3, 0.4) is 0 Å². The second-order valence-corrected chi connectivity index (χ2v) is 5.69. The first-order valence-corrected chi connectivity index (χ1v) is 7.61. The van der Waals surface area contributed by atoms with Crippen LogP contribution in [0.1, 0.15) is 0 Å². The fourth-order valence-electron chi connectivity index (χ4n) is 2.19. The molecule has 1 aromatic carbocycles. The first kappa shape index (κ1) is 26.8. The molecule has 0 N–H and O–H groups in total. The van der Waals surface area contributed by atoms with Crippen LogP contribution in [0.4, 0.5) is 48.3 Å². The largest absolute Gasteiger partial charge is 1.00 e. The molecule has 0 spiro atoms. The number of hydrogen-bond acceptors (Lipinski definition) is 2. The van der Waals surface area contributed by atoms with Crippen molar-refractivity contribution in [1.29, 1.82) is 0 Å². The molecule has 174 valence electrons. The fraction of sp³-hybridized carbons (Fsp3) is 0.235. The Morgan fingerprint density at radius 3 is 1.77 bits per heavy atom. The molecule has 0 radical (unpaired) electrons. The summed E-state index contributed by atoms with van der Waals surface area (Å²) in [6, 6.07) is 12.1. The van der Waals surface area contributed by atoms with Crippen molar-refractivity contribution in [2.45, 2.75) is 23.9 Å². The molecule has 2 aromatic heterocycles. The van der Waals surface area contributed by atoms with Gasteiger partial charge in [0, 0.05) is 23.2 Å². The number of alkyl halides is 9. The third-order valence-electron chi connectivity index (χ3n) is 3.74. The molecule has 0 bridgehead atoms. The normalized spacial score (nSPS) is 13.0. The maximum Gasteiger partial charge on any atom is 1.00 e. The van der Waals surface area contributed by atoms with Gasteiger partial charge in [0.25, 0.3) is 5.92 Å². The molecule has 31 heavy (non-hydrogen) atoms. The summed E-state index contributed by atoms with van der Waals surface area (Å²) in [4.78, 5) is 8.66. The van der Waals surface area contributed by atoms with Gasteiger partial charge in [0.05, 0.1) is 17.5 Å². The van der Waals surface area contributed by atoms with Crippen molar-refractivity contribution in [3.63, 3.8) is 0 Å². The second-order valence-electron chi connectivity index (χ2n) is 5.69. The van der Waals surface area contributed by atoms with Crippen LogP contribution in [0.5, 0.6) is 0 Å². The minimum absolute atomic E-state index is 0. The number of rotatable bonds is 3. The van der Waals surface area contributed by atoms with Crippen LogP contribution in [0.2, 0.25) is 0 Å². The summed E-state index contributed by atoms with van der Waals surface area (Å²) in [6.45, 7) is 0. The SMILES string of the molecule is F[C-](F)C(F)(F)C(F)(F)C(F)(F)C(F)(F)F.[Cu+].c1cnc2c(c1)ccc1ncccc12. The molecule has 3 aromatic rings. The molecule has 0 aliphatic rings. The molecule has 0 saturated carbocycles. The van der Waals surface area contributed by atoms with Crippen molar-refractivity contribution in [2.24, 2.45) is 0 Å². The number of halogens is 11. The van der Waals surface area contributed by atoms with Gasteiger partial charge in [-0.3, -0.25) is 9.97 Å². The van der Waals surface area contributed by atoms with Gasteiger partial charge in [0.1, 0.15) is 0 Å². The Balaban J connectivity index is 0.000000301. The number of nitrogens with zero attached hydrogens (tertiary/aromatic N) is 2. The average Bonchev–Trinajstić information content (AvgIpc) is 2.67. The first-order valence-electron chi connectivity index (χ1n) is 7.61. The summed E-state index contributed by atoms with van der Waals surface area (Å²) in [5.74, 6) is -21.4. The molecule has 0 aliphatic heterocycles. The van der Waals surface area contributed by atoms with Crippen molar-refractivity contribution in [1.82, 2.24) is 9.97 Å². The fourth-order valence-corrected chi connectivity index (χ4v) is 2.19. The standard InChI is InChI=1S/C12H8N2.C5F11.Cu/c1-3-9-5-6-11-10(4-2-7-13-11)12(9)14-8-1;6-1(7)2(8,9)3(10,11)4(12,13)5(14,15)16;/h1-8H;;/q;-1;+1. The molecule has 14 heteroatoms. The predicted molar refractivity (Wildman–Crippen MR) is 83.4 cm³/mol. The van der Waals surface area contributed by atoms with E-state index < -0.39 is 30.4 Å². The maximum atomic E-state index is 12.0. The molecular formula is C17H8CuF11N2. The average molecular weight is 513 g/mol. The number of fused-ring (bicyclic) bond motifs is 3. The zero-order chi connectivity index (χ0) is 23.0. The molecule has 0 aliphatic carbocycles. The summed E-state index contributed by atoms with van der Waals surface area (Å²) in [6.07, 6.45) is -8.01. The number of benzene rings is 1. The molecule has 0 saturated heterocycles. The summed E-state index contributed by atoms with van der Waals surface area (Å²) in [5, 5.41) is 2.28. The van der Waals surface area contributed by atoms with Gasteiger partial charge >= 0.3 is 35.1 Å². The van der Waals surface area contributed by atoms with E-state index in [2.05, 4.69) is 28.2 Å².